The van der Waals surface area contributed by atoms with Gasteiger partial charge in [-0.1, -0.05) is 0 Å². The molecular formula is C7H11Cl2IN2. The van der Waals surface area contributed by atoms with Crippen molar-refractivity contribution in [2.45, 2.75) is 0 Å². The van der Waals surface area contributed by atoms with Gasteiger partial charge in [-0.05, 0) is 40.8 Å². The summed E-state index contributed by atoms with van der Waals surface area (Å²) in [5, 5.41) is 2.99. The van der Waals surface area contributed by atoms with Crippen LogP contribution in [0, 0.1) is 3.57 Å². The van der Waals surface area contributed by atoms with Crippen molar-refractivity contribution in [3.8, 4) is 0 Å². The monoisotopic (exact) mass is 320 g/mol. The summed E-state index contributed by atoms with van der Waals surface area (Å²) in [4.78, 5) is 0. The Balaban J connectivity index is 0. The van der Waals surface area contributed by atoms with E-state index >= 15 is 0 Å². The van der Waals surface area contributed by atoms with Crippen LogP contribution < -0.4 is 11.1 Å². The maximum atomic E-state index is 5.66. The van der Waals surface area contributed by atoms with Crippen molar-refractivity contribution in [3.05, 3.63) is 21.8 Å². The van der Waals surface area contributed by atoms with Gasteiger partial charge in [0.25, 0.3) is 0 Å². The molecule has 0 aliphatic carbocycles. The topological polar surface area (TPSA) is 38.0 Å². The largest absolute Gasteiger partial charge is 0.397 e. The SMILES string of the molecule is CNc1ccc(I)cc1N.Cl.Cl. The zero-order valence-corrected chi connectivity index (χ0v) is 10.3. The lowest BCUT2D eigenvalue weighted by atomic mass is 10.3. The lowest BCUT2D eigenvalue weighted by Gasteiger charge is -2.03. The molecule has 0 bridgehead atoms. The van der Waals surface area contributed by atoms with E-state index in [0.717, 1.165) is 14.9 Å². The Morgan fingerprint density at radius 1 is 1.33 bits per heavy atom. The third kappa shape index (κ3) is 3.69. The van der Waals surface area contributed by atoms with Crippen molar-refractivity contribution in [1.29, 1.82) is 0 Å². The van der Waals surface area contributed by atoms with Crippen molar-refractivity contribution in [1.82, 2.24) is 0 Å². The van der Waals surface area contributed by atoms with Gasteiger partial charge in [0, 0.05) is 10.6 Å². The molecule has 0 spiro atoms. The average Bonchev–Trinajstić information content (AvgIpc) is 1.88. The molecule has 1 rings (SSSR count). The molecule has 5 heteroatoms. The molecule has 0 atom stereocenters. The quantitative estimate of drug-likeness (QED) is 0.617. The van der Waals surface area contributed by atoms with Crippen LogP contribution in [0.15, 0.2) is 18.2 Å². The van der Waals surface area contributed by atoms with Gasteiger partial charge >= 0.3 is 0 Å². The van der Waals surface area contributed by atoms with Gasteiger partial charge in [0.05, 0.1) is 11.4 Å². The van der Waals surface area contributed by atoms with Gasteiger partial charge < -0.3 is 11.1 Å². The van der Waals surface area contributed by atoms with Crippen LogP contribution in [0.4, 0.5) is 11.4 Å². The number of rotatable bonds is 1. The first-order valence-corrected chi connectivity index (χ1v) is 4.04. The number of nitrogens with two attached hydrogens (primary N) is 1. The molecule has 12 heavy (non-hydrogen) atoms. The highest BCUT2D eigenvalue weighted by molar-refractivity contribution is 14.1. The van der Waals surface area contributed by atoms with Crippen molar-refractivity contribution in [2.24, 2.45) is 0 Å². The molecule has 70 valence electrons. The number of hydrogen-bond donors (Lipinski definition) is 2. The Morgan fingerprint density at radius 2 is 1.92 bits per heavy atom. The van der Waals surface area contributed by atoms with E-state index in [9.17, 15) is 0 Å². The second-order valence-corrected chi connectivity index (χ2v) is 3.23. The van der Waals surface area contributed by atoms with E-state index in [1.807, 2.05) is 25.2 Å². The Bertz CT molecular complexity index is 243. The highest BCUT2D eigenvalue weighted by atomic mass is 127. The van der Waals surface area contributed by atoms with E-state index in [2.05, 4.69) is 27.9 Å². The predicted molar refractivity (Wildman–Crippen MR) is 67.6 cm³/mol. The van der Waals surface area contributed by atoms with Gasteiger partial charge in [-0.25, -0.2) is 0 Å². The maximum absolute atomic E-state index is 5.66. The van der Waals surface area contributed by atoms with E-state index in [0.29, 0.717) is 0 Å². The molecule has 1 aromatic rings. The number of hydrogen-bond acceptors (Lipinski definition) is 2. The summed E-state index contributed by atoms with van der Waals surface area (Å²) in [6, 6.07) is 5.92. The Hall–Kier alpha value is 0.130. The first-order valence-electron chi connectivity index (χ1n) is 2.97. The average molecular weight is 321 g/mol. The molecule has 0 fully saturated rings. The van der Waals surface area contributed by atoms with E-state index < -0.39 is 0 Å². The van der Waals surface area contributed by atoms with Gasteiger partial charge in [-0.3, -0.25) is 0 Å². The first-order chi connectivity index (χ1) is 4.74. The van der Waals surface area contributed by atoms with Crippen LogP contribution in [0.2, 0.25) is 0 Å². The molecule has 1 aromatic carbocycles. The number of nitrogens with one attached hydrogen (secondary N) is 1. The van der Waals surface area contributed by atoms with Crippen molar-refractivity contribution < 1.29 is 0 Å². The van der Waals surface area contributed by atoms with Crippen LogP contribution in [0.25, 0.3) is 0 Å². The Labute approximate surface area is 98.3 Å². The molecule has 0 aliphatic rings. The zero-order chi connectivity index (χ0) is 7.56. The highest BCUT2D eigenvalue weighted by Crippen LogP contribution is 2.19. The third-order valence-corrected chi connectivity index (χ3v) is 1.95. The fourth-order valence-corrected chi connectivity index (χ4v) is 1.28. The van der Waals surface area contributed by atoms with E-state index in [-0.39, 0.29) is 24.8 Å². The molecule has 0 aliphatic heterocycles. The maximum Gasteiger partial charge on any atom is 0.0572 e. The third-order valence-electron chi connectivity index (χ3n) is 1.28. The molecule has 0 radical (unpaired) electrons. The van der Waals surface area contributed by atoms with Crippen LogP contribution >= 0.6 is 47.4 Å². The fourth-order valence-electron chi connectivity index (χ4n) is 0.761. The van der Waals surface area contributed by atoms with Crippen molar-refractivity contribution >= 4 is 58.8 Å². The van der Waals surface area contributed by atoms with Gasteiger partial charge in [0.15, 0.2) is 0 Å². The van der Waals surface area contributed by atoms with Gasteiger partial charge in [0.2, 0.25) is 0 Å². The molecular weight excluding hydrogens is 310 g/mol. The molecule has 3 N–H and O–H groups in total. The summed E-state index contributed by atoms with van der Waals surface area (Å²) in [6.07, 6.45) is 0. The molecule has 0 amide bonds. The molecule has 0 heterocycles. The smallest absolute Gasteiger partial charge is 0.0572 e. The number of benzene rings is 1. The van der Waals surface area contributed by atoms with Gasteiger partial charge in [-0.15, -0.1) is 24.8 Å². The lowest BCUT2D eigenvalue weighted by molar-refractivity contribution is 1.50. The minimum absolute atomic E-state index is 0. The second kappa shape index (κ2) is 6.62. The molecule has 0 saturated carbocycles. The van der Waals surface area contributed by atoms with Crippen molar-refractivity contribution in [2.75, 3.05) is 18.1 Å². The lowest BCUT2D eigenvalue weighted by Crippen LogP contribution is -1.95. The van der Waals surface area contributed by atoms with Crippen molar-refractivity contribution in [3.63, 3.8) is 0 Å². The van der Waals surface area contributed by atoms with Crippen LogP contribution in [-0.2, 0) is 0 Å². The minimum Gasteiger partial charge on any atom is -0.397 e. The standard InChI is InChI=1S/C7H9IN2.2ClH/c1-10-7-3-2-5(8)4-6(7)9;;/h2-4,10H,9H2,1H3;2*1H. The van der Waals surface area contributed by atoms with E-state index in [1.54, 1.807) is 0 Å². The van der Waals surface area contributed by atoms with Crippen LogP contribution in [0.3, 0.4) is 0 Å². The number of halogens is 3. The highest BCUT2D eigenvalue weighted by Gasteiger charge is 1.94. The molecule has 0 unspecified atom stereocenters. The normalized spacial score (nSPS) is 7.83. The van der Waals surface area contributed by atoms with Gasteiger partial charge in [0.1, 0.15) is 0 Å². The number of anilines is 2. The van der Waals surface area contributed by atoms with E-state index in [1.165, 1.54) is 0 Å². The van der Waals surface area contributed by atoms with Crippen LogP contribution in [0.1, 0.15) is 0 Å². The molecule has 0 aromatic heterocycles. The molecule has 2 nitrogen and oxygen atoms in total. The summed E-state index contributed by atoms with van der Waals surface area (Å²) in [7, 11) is 1.86. The number of nitrogen functional groups attached to an aromatic ring is 1. The van der Waals surface area contributed by atoms with Crippen LogP contribution in [0.5, 0.6) is 0 Å². The second-order valence-electron chi connectivity index (χ2n) is 1.98. The van der Waals surface area contributed by atoms with E-state index in [4.69, 9.17) is 5.73 Å². The van der Waals surface area contributed by atoms with Crippen LogP contribution in [-0.4, -0.2) is 7.05 Å². The van der Waals surface area contributed by atoms with Gasteiger partial charge in [-0.2, -0.15) is 0 Å². The Morgan fingerprint density at radius 3 is 2.33 bits per heavy atom. The fraction of sp³-hybridized carbons (Fsp3) is 0.143. The zero-order valence-electron chi connectivity index (χ0n) is 6.50. The summed E-state index contributed by atoms with van der Waals surface area (Å²) in [5.74, 6) is 0. The summed E-state index contributed by atoms with van der Waals surface area (Å²) >= 11 is 2.23. The minimum atomic E-state index is 0. The molecule has 0 saturated heterocycles. The summed E-state index contributed by atoms with van der Waals surface area (Å²) < 4.78 is 1.16. The predicted octanol–water partition coefficient (Wildman–Crippen LogP) is 2.76. The summed E-state index contributed by atoms with van der Waals surface area (Å²) in [5.41, 5.74) is 7.45. The summed E-state index contributed by atoms with van der Waals surface area (Å²) in [6.45, 7) is 0. The first kappa shape index (κ1) is 14.6. The Kier molecular flexibility index (Phi) is 8.08.